The van der Waals surface area contributed by atoms with Crippen LogP contribution in [0.2, 0.25) is 0 Å². The lowest BCUT2D eigenvalue weighted by molar-refractivity contribution is 0.443. The van der Waals surface area contributed by atoms with Gasteiger partial charge in [-0.05, 0) is 52.4 Å². The maximum atomic E-state index is 3.60. The monoisotopic (exact) mass is 269 g/mol. The van der Waals surface area contributed by atoms with Crippen LogP contribution in [0.4, 0.5) is 5.69 Å². The third kappa shape index (κ3) is 3.86. The average molecular weight is 270 g/mol. The SMILES string of the molecule is Cc1cc(C)c(NCC(C)(C)C)c(Br)c1. The Bertz CT molecular complexity index is 327. The first kappa shape index (κ1) is 12.6. The first-order valence-electron chi connectivity index (χ1n) is 5.30. The van der Waals surface area contributed by atoms with Crippen molar-refractivity contribution in [1.82, 2.24) is 0 Å². The van der Waals surface area contributed by atoms with Crippen LogP contribution in [0.1, 0.15) is 31.9 Å². The molecule has 0 unspecified atom stereocenters. The fourth-order valence-electron chi connectivity index (χ4n) is 1.49. The lowest BCUT2D eigenvalue weighted by atomic mass is 9.96. The molecule has 1 aromatic carbocycles. The van der Waals surface area contributed by atoms with Gasteiger partial charge in [-0.2, -0.15) is 0 Å². The molecule has 0 heterocycles. The summed E-state index contributed by atoms with van der Waals surface area (Å²) in [5, 5.41) is 3.50. The van der Waals surface area contributed by atoms with E-state index in [4.69, 9.17) is 0 Å². The molecule has 0 atom stereocenters. The number of rotatable bonds is 2. The molecular weight excluding hydrogens is 250 g/mol. The highest BCUT2D eigenvalue weighted by atomic mass is 79.9. The number of anilines is 1. The van der Waals surface area contributed by atoms with E-state index in [2.05, 4.69) is 68.0 Å². The second-order valence-electron chi connectivity index (χ2n) is 5.35. The van der Waals surface area contributed by atoms with Crippen molar-refractivity contribution in [2.45, 2.75) is 34.6 Å². The number of hydrogen-bond acceptors (Lipinski definition) is 1. The van der Waals surface area contributed by atoms with E-state index in [1.54, 1.807) is 0 Å². The van der Waals surface area contributed by atoms with Crippen molar-refractivity contribution >= 4 is 21.6 Å². The van der Waals surface area contributed by atoms with Crippen LogP contribution in [-0.4, -0.2) is 6.54 Å². The van der Waals surface area contributed by atoms with E-state index in [9.17, 15) is 0 Å². The Hall–Kier alpha value is -0.500. The number of hydrogen-bond donors (Lipinski definition) is 1. The third-order valence-corrected chi connectivity index (χ3v) is 2.85. The minimum atomic E-state index is 0.302. The van der Waals surface area contributed by atoms with Gasteiger partial charge in [0.2, 0.25) is 0 Å². The zero-order valence-corrected chi connectivity index (χ0v) is 11.8. The van der Waals surface area contributed by atoms with Crippen LogP contribution < -0.4 is 5.32 Å². The first-order chi connectivity index (χ1) is 6.79. The van der Waals surface area contributed by atoms with Gasteiger partial charge in [-0.3, -0.25) is 0 Å². The van der Waals surface area contributed by atoms with E-state index < -0.39 is 0 Å². The molecular formula is C13H20BrN. The molecule has 0 amide bonds. The highest BCUT2D eigenvalue weighted by Crippen LogP contribution is 2.28. The smallest absolute Gasteiger partial charge is 0.0514 e. The second-order valence-corrected chi connectivity index (χ2v) is 6.21. The van der Waals surface area contributed by atoms with Crippen molar-refractivity contribution in [3.63, 3.8) is 0 Å². The van der Waals surface area contributed by atoms with Gasteiger partial charge in [0, 0.05) is 11.0 Å². The highest BCUT2D eigenvalue weighted by Gasteiger charge is 2.11. The van der Waals surface area contributed by atoms with E-state index in [1.165, 1.54) is 16.8 Å². The van der Waals surface area contributed by atoms with Crippen LogP contribution in [-0.2, 0) is 0 Å². The van der Waals surface area contributed by atoms with Gasteiger partial charge < -0.3 is 5.32 Å². The Morgan fingerprint density at radius 3 is 2.27 bits per heavy atom. The Kier molecular flexibility index (Phi) is 3.82. The molecule has 1 nitrogen and oxygen atoms in total. The molecule has 0 radical (unpaired) electrons. The summed E-state index contributed by atoms with van der Waals surface area (Å²) in [6, 6.07) is 4.35. The summed E-state index contributed by atoms with van der Waals surface area (Å²) < 4.78 is 1.16. The molecule has 84 valence electrons. The van der Waals surface area contributed by atoms with Crippen LogP contribution >= 0.6 is 15.9 Å². The molecule has 2 heteroatoms. The van der Waals surface area contributed by atoms with Crippen molar-refractivity contribution in [2.75, 3.05) is 11.9 Å². The summed E-state index contributed by atoms with van der Waals surface area (Å²) in [6.07, 6.45) is 0. The van der Waals surface area contributed by atoms with Crippen molar-refractivity contribution < 1.29 is 0 Å². The Morgan fingerprint density at radius 2 is 1.80 bits per heavy atom. The van der Waals surface area contributed by atoms with Crippen LogP contribution in [0.15, 0.2) is 16.6 Å². The van der Waals surface area contributed by atoms with E-state index in [0.29, 0.717) is 5.41 Å². The first-order valence-corrected chi connectivity index (χ1v) is 6.09. The van der Waals surface area contributed by atoms with Crippen molar-refractivity contribution in [2.24, 2.45) is 5.41 Å². The van der Waals surface area contributed by atoms with E-state index in [0.717, 1.165) is 11.0 Å². The van der Waals surface area contributed by atoms with E-state index in [1.807, 2.05) is 0 Å². The zero-order valence-electron chi connectivity index (χ0n) is 10.2. The van der Waals surface area contributed by atoms with Gasteiger partial charge in [0.15, 0.2) is 0 Å². The topological polar surface area (TPSA) is 12.0 Å². The highest BCUT2D eigenvalue weighted by molar-refractivity contribution is 9.10. The fraction of sp³-hybridized carbons (Fsp3) is 0.538. The average Bonchev–Trinajstić information content (AvgIpc) is 1.99. The lowest BCUT2D eigenvalue weighted by Crippen LogP contribution is -2.19. The number of nitrogens with one attached hydrogen (secondary N) is 1. The summed E-state index contributed by atoms with van der Waals surface area (Å²) in [5.74, 6) is 0. The maximum Gasteiger partial charge on any atom is 0.0514 e. The lowest BCUT2D eigenvalue weighted by Gasteiger charge is -2.21. The van der Waals surface area contributed by atoms with Gasteiger partial charge in [0.1, 0.15) is 0 Å². The quantitative estimate of drug-likeness (QED) is 0.832. The molecule has 0 bridgehead atoms. The molecule has 0 aliphatic rings. The van der Waals surface area contributed by atoms with Gasteiger partial charge in [-0.1, -0.05) is 26.8 Å². The summed E-state index contributed by atoms with van der Waals surface area (Å²) in [4.78, 5) is 0. The zero-order chi connectivity index (χ0) is 11.6. The normalized spacial score (nSPS) is 11.6. The van der Waals surface area contributed by atoms with Crippen molar-refractivity contribution in [3.05, 3.63) is 27.7 Å². The fourth-order valence-corrected chi connectivity index (χ4v) is 2.31. The number of aryl methyl sites for hydroxylation is 2. The molecule has 0 saturated heterocycles. The molecule has 0 saturated carbocycles. The maximum absolute atomic E-state index is 3.60. The molecule has 0 aliphatic carbocycles. The minimum Gasteiger partial charge on any atom is -0.383 e. The van der Waals surface area contributed by atoms with Crippen molar-refractivity contribution in [1.29, 1.82) is 0 Å². The third-order valence-electron chi connectivity index (χ3n) is 2.23. The summed E-state index contributed by atoms with van der Waals surface area (Å²) in [6.45, 7) is 11.9. The molecule has 15 heavy (non-hydrogen) atoms. The number of halogens is 1. The van der Waals surface area contributed by atoms with E-state index in [-0.39, 0.29) is 0 Å². The molecule has 0 spiro atoms. The van der Waals surface area contributed by atoms with Gasteiger partial charge in [-0.15, -0.1) is 0 Å². The van der Waals surface area contributed by atoms with Gasteiger partial charge in [-0.25, -0.2) is 0 Å². The molecule has 1 rings (SSSR count). The Morgan fingerprint density at radius 1 is 1.20 bits per heavy atom. The molecule has 0 fully saturated rings. The van der Waals surface area contributed by atoms with Gasteiger partial charge in [0.05, 0.1) is 5.69 Å². The Labute approximate surface area is 101 Å². The van der Waals surface area contributed by atoms with Crippen LogP contribution in [0.25, 0.3) is 0 Å². The van der Waals surface area contributed by atoms with Crippen LogP contribution in [0.5, 0.6) is 0 Å². The molecule has 1 N–H and O–H groups in total. The summed E-state index contributed by atoms with van der Waals surface area (Å²) in [5.41, 5.74) is 4.11. The molecule has 1 aromatic rings. The Balaban J connectivity index is 2.86. The standard InChI is InChI=1S/C13H20BrN/c1-9-6-10(2)12(11(14)7-9)15-8-13(3,4)5/h6-7,15H,8H2,1-5H3. The predicted molar refractivity (Wildman–Crippen MR) is 71.6 cm³/mol. The van der Waals surface area contributed by atoms with Crippen LogP contribution in [0.3, 0.4) is 0 Å². The predicted octanol–water partition coefficient (Wildman–Crippen LogP) is 4.52. The summed E-state index contributed by atoms with van der Waals surface area (Å²) in [7, 11) is 0. The van der Waals surface area contributed by atoms with Gasteiger partial charge in [0.25, 0.3) is 0 Å². The second kappa shape index (κ2) is 4.56. The van der Waals surface area contributed by atoms with Crippen molar-refractivity contribution in [3.8, 4) is 0 Å². The minimum absolute atomic E-state index is 0.302. The van der Waals surface area contributed by atoms with E-state index >= 15 is 0 Å². The summed E-state index contributed by atoms with van der Waals surface area (Å²) >= 11 is 3.60. The molecule has 0 aliphatic heterocycles. The largest absolute Gasteiger partial charge is 0.383 e. The van der Waals surface area contributed by atoms with Gasteiger partial charge >= 0.3 is 0 Å². The molecule has 0 aromatic heterocycles. The number of benzene rings is 1. The van der Waals surface area contributed by atoms with Crippen LogP contribution in [0, 0.1) is 19.3 Å².